The molecule has 17 heavy (non-hydrogen) atoms. The number of aromatic amines is 1. The lowest BCUT2D eigenvalue weighted by Gasteiger charge is -2.26. The fourth-order valence-corrected chi connectivity index (χ4v) is 2.01. The number of aromatic nitrogens is 2. The van der Waals surface area contributed by atoms with Crippen LogP contribution in [-0.4, -0.2) is 47.1 Å². The molecule has 0 aromatic carbocycles. The van der Waals surface area contributed by atoms with Gasteiger partial charge < -0.3 is 14.6 Å². The lowest BCUT2D eigenvalue weighted by molar-refractivity contribution is 0.0299. The number of nitrogens with one attached hydrogen (secondary N) is 1. The van der Waals surface area contributed by atoms with Gasteiger partial charge in [0, 0.05) is 19.3 Å². The number of hydrogen-bond acceptors (Lipinski definition) is 3. The number of nitrogens with zero attached hydrogens (tertiary/aromatic N) is 2. The molecule has 0 saturated carbocycles. The number of ether oxygens (including phenoxy) is 1. The molecule has 3 rings (SSSR count). The van der Waals surface area contributed by atoms with E-state index in [0.29, 0.717) is 32.0 Å². The van der Waals surface area contributed by atoms with Crippen molar-refractivity contribution < 1.29 is 9.53 Å². The summed E-state index contributed by atoms with van der Waals surface area (Å²) in [6, 6.07) is 5.56. The number of pyridine rings is 1. The maximum Gasteiger partial charge on any atom is 0.270 e. The molecule has 1 aliphatic heterocycles. The van der Waals surface area contributed by atoms with Gasteiger partial charge in [-0.1, -0.05) is 0 Å². The van der Waals surface area contributed by atoms with Gasteiger partial charge in [0.1, 0.15) is 5.69 Å². The minimum Gasteiger partial charge on any atom is -0.378 e. The molecule has 0 aliphatic carbocycles. The SMILES string of the molecule is O=C(c1cc2ncccc2[nH]1)N1CCOCC1. The molecule has 0 radical (unpaired) electrons. The molecule has 0 bridgehead atoms. The number of morpholine rings is 1. The molecule has 1 aliphatic rings. The van der Waals surface area contributed by atoms with Crippen LogP contribution in [0.2, 0.25) is 0 Å². The second-order valence-corrected chi connectivity index (χ2v) is 4.02. The Labute approximate surface area is 98.4 Å². The Morgan fingerprint density at radius 3 is 3.00 bits per heavy atom. The summed E-state index contributed by atoms with van der Waals surface area (Å²) >= 11 is 0. The molecule has 1 saturated heterocycles. The molecule has 1 amide bonds. The summed E-state index contributed by atoms with van der Waals surface area (Å²) in [5.41, 5.74) is 2.31. The average molecular weight is 231 g/mol. The predicted molar refractivity (Wildman–Crippen MR) is 62.8 cm³/mol. The van der Waals surface area contributed by atoms with Gasteiger partial charge in [0.25, 0.3) is 5.91 Å². The molecule has 0 unspecified atom stereocenters. The summed E-state index contributed by atoms with van der Waals surface area (Å²) in [6.45, 7) is 2.54. The van der Waals surface area contributed by atoms with Gasteiger partial charge >= 0.3 is 0 Å². The molecular formula is C12H13N3O2. The van der Waals surface area contributed by atoms with Crippen LogP contribution < -0.4 is 0 Å². The van der Waals surface area contributed by atoms with Gasteiger partial charge in [-0.25, -0.2) is 0 Å². The molecule has 1 N–H and O–H groups in total. The van der Waals surface area contributed by atoms with Crippen molar-refractivity contribution in [3.63, 3.8) is 0 Å². The van der Waals surface area contributed by atoms with Crippen molar-refractivity contribution in [2.24, 2.45) is 0 Å². The highest BCUT2D eigenvalue weighted by atomic mass is 16.5. The Balaban J connectivity index is 1.89. The minimum absolute atomic E-state index is 0.0197. The molecule has 3 heterocycles. The van der Waals surface area contributed by atoms with E-state index in [1.165, 1.54) is 0 Å². The first-order valence-electron chi connectivity index (χ1n) is 5.65. The first-order valence-corrected chi connectivity index (χ1v) is 5.65. The average Bonchev–Trinajstić information content (AvgIpc) is 2.82. The topological polar surface area (TPSA) is 58.2 Å². The van der Waals surface area contributed by atoms with E-state index in [-0.39, 0.29) is 5.91 Å². The van der Waals surface area contributed by atoms with Crippen molar-refractivity contribution >= 4 is 16.9 Å². The summed E-state index contributed by atoms with van der Waals surface area (Å²) in [4.78, 5) is 21.3. The van der Waals surface area contributed by atoms with Crippen molar-refractivity contribution in [1.29, 1.82) is 0 Å². The lowest BCUT2D eigenvalue weighted by Crippen LogP contribution is -2.40. The van der Waals surface area contributed by atoms with Gasteiger partial charge in [-0.15, -0.1) is 0 Å². The van der Waals surface area contributed by atoms with Crippen molar-refractivity contribution in [2.45, 2.75) is 0 Å². The number of hydrogen-bond donors (Lipinski definition) is 1. The zero-order chi connectivity index (χ0) is 11.7. The van der Waals surface area contributed by atoms with E-state index in [9.17, 15) is 4.79 Å². The van der Waals surface area contributed by atoms with Crippen molar-refractivity contribution in [3.8, 4) is 0 Å². The Kier molecular flexibility index (Phi) is 2.53. The van der Waals surface area contributed by atoms with E-state index >= 15 is 0 Å². The number of fused-ring (bicyclic) bond motifs is 1. The lowest BCUT2D eigenvalue weighted by atomic mass is 10.3. The molecular weight excluding hydrogens is 218 g/mol. The van der Waals surface area contributed by atoms with E-state index in [1.54, 1.807) is 17.2 Å². The second kappa shape index (κ2) is 4.18. The fraction of sp³-hybridized carbons (Fsp3) is 0.333. The standard InChI is InChI=1S/C12H13N3O2/c16-12(15-4-6-17-7-5-15)11-8-10-9(14-11)2-1-3-13-10/h1-3,8,14H,4-7H2. The van der Waals surface area contributed by atoms with E-state index in [0.717, 1.165) is 11.0 Å². The second-order valence-electron chi connectivity index (χ2n) is 4.02. The molecule has 2 aromatic rings. The van der Waals surface area contributed by atoms with Crippen LogP contribution in [0.15, 0.2) is 24.4 Å². The highest BCUT2D eigenvalue weighted by Crippen LogP contribution is 2.14. The van der Waals surface area contributed by atoms with Crippen molar-refractivity contribution in [1.82, 2.24) is 14.9 Å². The van der Waals surface area contributed by atoms with E-state index in [1.807, 2.05) is 12.1 Å². The third-order valence-electron chi connectivity index (χ3n) is 2.92. The Hall–Kier alpha value is -1.88. The summed E-state index contributed by atoms with van der Waals surface area (Å²) < 4.78 is 5.23. The predicted octanol–water partition coefficient (Wildman–Crippen LogP) is 1.04. The van der Waals surface area contributed by atoms with Gasteiger partial charge in [-0.05, 0) is 18.2 Å². The number of carbonyl (C=O) groups excluding carboxylic acids is 1. The molecule has 0 spiro atoms. The van der Waals surface area contributed by atoms with E-state index in [4.69, 9.17) is 4.74 Å². The molecule has 88 valence electrons. The zero-order valence-electron chi connectivity index (χ0n) is 9.35. The van der Waals surface area contributed by atoms with E-state index in [2.05, 4.69) is 9.97 Å². The first-order chi connectivity index (χ1) is 8.34. The van der Waals surface area contributed by atoms with Crippen LogP contribution in [0, 0.1) is 0 Å². The molecule has 2 aromatic heterocycles. The van der Waals surface area contributed by atoms with Crippen LogP contribution in [0.1, 0.15) is 10.5 Å². The van der Waals surface area contributed by atoms with Crippen molar-refractivity contribution in [3.05, 3.63) is 30.1 Å². The summed E-state index contributed by atoms with van der Waals surface area (Å²) in [6.07, 6.45) is 1.72. The Bertz CT molecular complexity index is 510. The number of rotatable bonds is 1. The summed E-state index contributed by atoms with van der Waals surface area (Å²) in [7, 11) is 0. The number of H-pyrrole nitrogens is 1. The monoisotopic (exact) mass is 231 g/mol. The van der Waals surface area contributed by atoms with Crippen LogP contribution in [0.4, 0.5) is 0 Å². The molecule has 5 nitrogen and oxygen atoms in total. The number of amides is 1. The Morgan fingerprint density at radius 2 is 2.24 bits per heavy atom. The number of carbonyl (C=O) groups is 1. The quantitative estimate of drug-likeness (QED) is 0.797. The van der Waals surface area contributed by atoms with Crippen LogP contribution in [0.25, 0.3) is 11.0 Å². The minimum atomic E-state index is 0.0197. The first kappa shape index (κ1) is 10.3. The molecule has 0 atom stereocenters. The molecule has 1 fully saturated rings. The van der Waals surface area contributed by atoms with Gasteiger partial charge in [-0.3, -0.25) is 9.78 Å². The van der Waals surface area contributed by atoms with Gasteiger partial charge in [0.15, 0.2) is 0 Å². The maximum atomic E-state index is 12.2. The van der Waals surface area contributed by atoms with Crippen molar-refractivity contribution in [2.75, 3.05) is 26.3 Å². The third-order valence-corrected chi connectivity index (χ3v) is 2.92. The summed E-state index contributed by atoms with van der Waals surface area (Å²) in [5, 5.41) is 0. The normalized spacial score (nSPS) is 16.4. The van der Waals surface area contributed by atoms with E-state index < -0.39 is 0 Å². The van der Waals surface area contributed by atoms with Crippen LogP contribution in [0.5, 0.6) is 0 Å². The van der Waals surface area contributed by atoms with Gasteiger partial charge in [-0.2, -0.15) is 0 Å². The van der Waals surface area contributed by atoms with Crippen LogP contribution in [0.3, 0.4) is 0 Å². The fourth-order valence-electron chi connectivity index (χ4n) is 2.01. The summed E-state index contributed by atoms with van der Waals surface area (Å²) in [5.74, 6) is 0.0197. The smallest absolute Gasteiger partial charge is 0.270 e. The zero-order valence-corrected chi connectivity index (χ0v) is 9.35. The van der Waals surface area contributed by atoms with Crippen LogP contribution in [-0.2, 0) is 4.74 Å². The largest absolute Gasteiger partial charge is 0.378 e. The third kappa shape index (κ3) is 1.89. The highest BCUT2D eigenvalue weighted by Gasteiger charge is 2.20. The Morgan fingerprint density at radius 1 is 1.41 bits per heavy atom. The highest BCUT2D eigenvalue weighted by molar-refractivity contribution is 5.97. The maximum absolute atomic E-state index is 12.2. The van der Waals surface area contributed by atoms with Gasteiger partial charge in [0.05, 0.1) is 24.2 Å². The molecule has 5 heteroatoms. The van der Waals surface area contributed by atoms with Gasteiger partial charge in [0.2, 0.25) is 0 Å². The van der Waals surface area contributed by atoms with Crippen LogP contribution >= 0.6 is 0 Å².